The number of carbonyl (C=O) groups is 1. The normalized spacial score (nSPS) is 21.2. The van der Waals surface area contributed by atoms with Gasteiger partial charge in [0.15, 0.2) is 0 Å². The van der Waals surface area contributed by atoms with Crippen molar-refractivity contribution in [1.29, 1.82) is 0 Å². The molecule has 1 saturated heterocycles. The molecule has 1 saturated carbocycles. The Morgan fingerprint density at radius 3 is 2.77 bits per heavy atom. The average Bonchev–Trinajstić information content (AvgIpc) is 3.48. The third kappa shape index (κ3) is 2.73. The van der Waals surface area contributed by atoms with Gasteiger partial charge in [0.1, 0.15) is 5.03 Å². The first kappa shape index (κ1) is 16.3. The molecule has 5 rings (SSSR count). The molecule has 1 amide bonds. The Morgan fingerprint density at radius 1 is 1.19 bits per heavy atom. The monoisotopic (exact) mass is 368 g/mol. The van der Waals surface area contributed by atoms with Crippen LogP contribution in [0.2, 0.25) is 0 Å². The average molecular weight is 368 g/mol. The molecule has 134 valence electrons. The summed E-state index contributed by atoms with van der Waals surface area (Å²) in [5, 5.41) is 0.922. The van der Waals surface area contributed by atoms with Crippen molar-refractivity contribution in [2.24, 2.45) is 5.92 Å². The Bertz CT molecular complexity index is 832. The zero-order chi connectivity index (χ0) is 17.6. The molecule has 0 N–H and O–H groups in total. The molecular weight excluding hydrogens is 348 g/mol. The van der Waals surface area contributed by atoms with Gasteiger partial charge < -0.3 is 14.4 Å². The van der Waals surface area contributed by atoms with Gasteiger partial charge in [-0.25, -0.2) is 4.98 Å². The quantitative estimate of drug-likeness (QED) is 0.826. The molecule has 1 spiro atoms. The lowest BCUT2D eigenvalue weighted by Crippen LogP contribution is -2.47. The number of hydrogen-bond acceptors (Lipinski definition) is 5. The van der Waals surface area contributed by atoms with Crippen LogP contribution < -0.4 is 4.90 Å². The number of fused-ring (bicyclic) bond motifs is 2. The number of rotatable bonds is 4. The largest absolute Gasteiger partial charge is 0.338 e. The van der Waals surface area contributed by atoms with Gasteiger partial charge in [0.05, 0.1) is 18.9 Å². The van der Waals surface area contributed by atoms with Gasteiger partial charge in [-0.2, -0.15) is 0 Å². The van der Waals surface area contributed by atoms with E-state index in [0.717, 1.165) is 34.1 Å². The van der Waals surface area contributed by atoms with Gasteiger partial charge in [-0.15, -0.1) is 0 Å². The van der Waals surface area contributed by atoms with Crippen molar-refractivity contribution in [3.8, 4) is 0 Å². The molecular formula is C20H20N2O3S. The molecule has 0 radical (unpaired) electrons. The van der Waals surface area contributed by atoms with Crippen molar-refractivity contribution >= 4 is 23.4 Å². The van der Waals surface area contributed by atoms with Crippen LogP contribution in [0.5, 0.6) is 0 Å². The fourth-order valence-corrected chi connectivity index (χ4v) is 4.37. The highest BCUT2D eigenvalue weighted by Gasteiger charge is 2.55. The van der Waals surface area contributed by atoms with Gasteiger partial charge in [-0.3, -0.25) is 4.79 Å². The van der Waals surface area contributed by atoms with Crippen LogP contribution in [0.25, 0.3) is 0 Å². The molecule has 3 aliphatic rings. The highest BCUT2D eigenvalue weighted by molar-refractivity contribution is 7.99. The molecule has 2 aromatic rings. The van der Waals surface area contributed by atoms with Crippen LogP contribution in [0.1, 0.15) is 24.8 Å². The Labute approximate surface area is 156 Å². The van der Waals surface area contributed by atoms with Gasteiger partial charge in [-0.05, 0) is 55.5 Å². The fraction of sp³-hybridized carbons (Fsp3) is 0.400. The zero-order valence-corrected chi connectivity index (χ0v) is 15.2. The van der Waals surface area contributed by atoms with E-state index < -0.39 is 5.79 Å². The van der Waals surface area contributed by atoms with Crippen molar-refractivity contribution in [2.75, 3.05) is 24.7 Å². The SMILES string of the molecule is O=C1N(CC2CC2)c2ccc(Sc3ccccn3)cc2C12OCCCO2. The zero-order valence-electron chi connectivity index (χ0n) is 14.4. The van der Waals surface area contributed by atoms with Crippen molar-refractivity contribution in [3.05, 3.63) is 48.2 Å². The second-order valence-electron chi connectivity index (χ2n) is 6.98. The van der Waals surface area contributed by atoms with E-state index in [2.05, 4.69) is 4.98 Å². The number of aromatic nitrogens is 1. The summed E-state index contributed by atoms with van der Waals surface area (Å²) in [6.07, 6.45) is 4.99. The standard InChI is InChI=1S/C20H20N2O3S/c23-19-20(24-10-3-11-25-20)16-12-15(26-18-4-1-2-9-21-18)7-8-17(16)22(19)13-14-5-6-14/h1-2,4,7-9,12,14H,3,5-6,10-11,13H2. The van der Waals surface area contributed by atoms with Crippen LogP contribution >= 0.6 is 11.8 Å². The lowest BCUT2D eigenvalue weighted by molar-refractivity contribution is -0.256. The van der Waals surface area contributed by atoms with E-state index in [4.69, 9.17) is 9.47 Å². The van der Waals surface area contributed by atoms with Crippen LogP contribution in [-0.2, 0) is 20.1 Å². The predicted molar refractivity (Wildman–Crippen MR) is 98.1 cm³/mol. The maximum Gasteiger partial charge on any atom is 0.292 e. The van der Waals surface area contributed by atoms with Crippen molar-refractivity contribution < 1.29 is 14.3 Å². The second-order valence-corrected chi connectivity index (χ2v) is 8.07. The summed E-state index contributed by atoms with van der Waals surface area (Å²) in [5.74, 6) is -0.726. The molecule has 6 heteroatoms. The number of carbonyl (C=O) groups excluding carboxylic acids is 1. The fourth-order valence-electron chi connectivity index (χ4n) is 3.56. The summed E-state index contributed by atoms with van der Waals surface area (Å²) in [6.45, 7) is 1.84. The van der Waals surface area contributed by atoms with Gasteiger partial charge >= 0.3 is 0 Å². The van der Waals surface area contributed by atoms with E-state index in [9.17, 15) is 4.79 Å². The number of anilines is 1. The summed E-state index contributed by atoms with van der Waals surface area (Å²) >= 11 is 1.58. The molecule has 1 aromatic carbocycles. The molecule has 0 bridgehead atoms. The maximum absolute atomic E-state index is 13.2. The van der Waals surface area contributed by atoms with E-state index in [0.29, 0.717) is 19.1 Å². The molecule has 1 aromatic heterocycles. The molecule has 2 aliphatic heterocycles. The van der Waals surface area contributed by atoms with Crippen molar-refractivity contribution in [1.82, 2.24) is 4.98 Å². The first-order valence-corrected chi connectivity index (χ1v) is 9.91. The molecule has 26 heavy (non-hydrogen) atoms. The van der Waals surface area contributed by atoms with Crippen LogP contribution in [0.4, 0.5) is 5.69 Å². The Kier molecular flexibility index (Phi) is 3.99. The van der Waals surface area contributed by atoms with Crippen molar-refractivity contribution in [2.45, 2.75) is 35.0 Å². The number of ether oxygens (including phenoxy) is 2. The molecule has 0 unspecified atom stereocenters. The number of hydrogen-bond donors (Lipinski definition) is 0. The minimum atomic E-state index is -1.26. The lowest BCUT2D eigenvalue weighted by Gasteiger charge is -2.32. The van der Waals surface area contributed by atoms with Crippen LogP contribution in [0.15, 0.2) is 52.5 Å². The van der Waals surface area contributed by atoms with Crippen molar-refractivity contribution in [3.63, 3.8) is 0 Å². The maximum atomic E-state index is 13.2. The predicted octanol–water partition coefficient (Wildman–Crippen LogP) is 3.58. The number of benzene rings is 1. The smallest absolute Gasteiger partial charge is 0.292 e. The van der Waals surface area contributed by atoms with Crippen LogP contribution in [0.3, 0.4) is 0 Å². The third-order valence-electron chi connectivity index (χ3n) is 5.04. The summed E-state index contributed by atoms with van der Waals surface area (Å²) in [7, 11) is 0. The van der Waals surface area contributed by atoms with Gasteiger partial charge in [0.25, 0.3) is 11.7 Å². The molecule has 0 atom stereocenters. The minimum absolute atomic E-state index is 0.0703. The highest BCUT2D eigenvalue weighted by atomic mass is 32.2. The van der Waals surface area contributed by atoms with E-state index in [1.807, 2.05) is 41.3 Å². The lowest BCUT2D eigenvalue weighted by atomic mass is 10.1. The summed E-state index contributed by atoms with van der Waals surface area (Å²) < 4.78 is 11.9. The second kappa shape index (κ2) is 6.37. The molecule has 1 aliphatic carbocycles. The van der Waals surface area contributed by atoms with E-state index in [-0.39, 0.29) is 5.91 Å². The van der Waals surface area contributed by atoms with E-state index in [1.54, 1.807) is 18.0 Å². The van der Waals surface area contributed by atoms with Crippen LogP contribution in [0, 0.1) is 5.92 Å². The highest BCUT2D eigenvalue weighted by Crippen LogP contribution is 2.48. The number of pyridine rings is 1. The van der Waals surface area contributed by atoms with Gasteiger partial charge in [0.2, 0.25) is 0 Å². The molecule has 5 nitrogen and oxygen atoms in total. The molecule has 3 heterocycles. The summed E-state index contributed by atoms with van der Waals surface area (Å²) in [5.41, 5.74) is 1.76. The van der Waals surface area contributed by atoms with Crippen LogP contribution in [-0.4, -0.2) is 30.6 Å². The topological polar surface area (TPSA) is 51.7 Å². The third-order valence-corrected chi connectivity index (χ3v) is 5.98. The number of nitrogens with zero attached hydrogens (tertiary/aromatic N) is 2. The van der Waals surface area contributed by atoms with Gasteiger partial charge in [0, 0.05) is 23.2 Å². The van der Waals surface area contributed by atoms with E-state index >= 15 is 0 Å². The first-order valence-electron chi connectivity index (χ1n) is 9.09. The molecule has 2 fully saturated rings. The summed E-state index contributed by atoms with van der Waals surface area (Å²) in [6, 6.07) is 12.0. The summed E-state index contributed by atoms with van der Waals surface area (Å²) in [4.78, 5) is 20.5. The minimum Gasteiger partial charge on any atom is -0.338 e. The number of amides is 1. The Hall–Kier alpha value is -1.89. The van der Waals surface area contributed by atoms with Gasteiger partial charge in [-0.1, -0.05) is 17.8 Å². The Morgan fingerprint density at radius 2 is 2.04 bits per heavy atom. The Balaban J connectivity index is 1.53. The van der Waals surface area contributed by atoms with E-state index in [1.165, 1.54) is 12.8 Å². The first-order chi connectivity index (χ1) is 12.8.